The van der Waals surface area contributed by atoms with Crippen LogP contribution in [0.2, 0.25) is 0 Å². The quantitative estimate of drug-likeness (QED) is 0.184. The zero-order chi connectivity index (χ0) is 24.7. The van der Waals surface area contributed by atoms with Gasteiger partial charge in [-0.05, 0) is 35.3 Å². The summed E-state index contributed by atoms with van der Waals surface area (Å²) in [4.78, 5) is 12.7. The Morgan fingerprint density at radius 2 is 0.649 bits per heavy atom. The van der Waals surface area contributed by atoms with Crippen molar-refractivity contribution in [1.82, 2.24) is 15.0 Å². The van der Waals surface area contributed by atoms with Gasteiger partial charge in [-0.2, -0.15) is 0 Å². The van der Waals surface area contributed by atoms with Crippen LogP contribution in [-0.4, -0.2) is 15.0 Å². The molecule has 3 heterocycles. The molecule has 3 aromatic carbocycles. The molecule has 3 aromatic heterocycles. The molecule has 1 radical (unpaired) electrons. The summed E-state index contributed by atoms with van der Waals surface area (Å²) in [6.45, 7) is 0. The van der Waals surface area contributed by atoms with Gasteiger partial charge >= 0.3 is 0 Å². The van der Waals surface area contributed by atoms with Crippen LogP contribution < -0.4 is 0 Å². The van der Waals surface area contributed by atoms with E-state index in [-0.39, 0.29) is 20.1 Å². The summed E-state index contributed by atoms with van der Waals surface area (Å²) < 4.78 is 0. The average Bonchev–Trinajstić information content (AvgIpc) is 3.01. The maximum absolute atomic E-state index is 4.22. The smallest absolute Gasteiger partial charge is 0.0160 e. The van der Waals surface area contributed by atoms with Crippen LogP contribution in [0.4, 0.5) is 0 Å². The Kier molecular flexibility index (Phi) is 11.6. The van der Waals surface area contributed by atoms with Gasteiger partial charge in [-0.15, -0.1) is 108 Å². The third-order valence-corrected chi connectivity index (χ3v) is 4.95. The summed E-state index contributed by atoms with van der Waals surface area (Å²) in [5, 5.41) is 0. The molecule has 4 heteroatoms. The number of hydrogen-bond acceptors (Lipinski definition) is 3. The van der Waals surface area contributed by atoms with Crippen LogP contribution in [0.25, 0.3) is 33.8 Å². The fourth-order valence-electron chi connectivity index (χ4n) is 3.22. The maximum atomic E-state index is 4.22. The van der Waals surface area contributed by atoms with Gasteiger partial charge in [0.2, 0.25) is 0 Å². The first-order valence-electron chi connectivity index (χ1n) is 11.5. The first-order valence-corrected chi connectivity index (χ1v) is 11.5. The van der Waals surface area contributed by atoms with Gasteiger partial charge in [0.25, 0.3) is 0 Å². The van der Waals surface area contributed by atoms with E-state index in [1.54, 1.807) is 18.6 Å². The molecule has 0 saturated heterocycles. The Labute approximate surface area is 232 Å². The molecule has 0 aliphatic heterocycles. The molecule has 0 unspecified atom stereocenters. The molecular formula is C33H24IrN3-3. The van der Waals surface area contributed by atoms with E-state index in [2.05, 4.69) is 33.2 Å². The van der Waals surface area contributed by atoms with Gasteiger partial charge in [-0.3, -0.25) is 0 Å². The van der Waals surface area contributed by atoms with Crippen LogP contribution in [0.5, 0.6) is 0 Å². The normalized spacial score (nSPS) is 9.41. The average molecular weight is 655 g/mol. The standard InChI is InChI=1S/3C11H8N.Ir/c3*1-2-6-10(7-3-1)11-8-4-5-9-12-11;/h3*1-6,8-9H;/q3*-1;. The number of nitrogens with zero attached hydrogens (tertiary/aromatic N) is 3. The minimum absolute atomic E-state index is 0. The predicted molar refractivity (Wildman–Crippen MR) is 146 cm³/mol. The largest absolute Gasteiger partial charge is 0.305 e. The van der Waals surface area contributed by atoms with Gasteiger partial charge in [-0.1, -0.05) is 36.4 Å². The molecule has 6 aromatic rings. The molecule has 0 spiro atoms. The third-order valence-electron chi connectivity index (χ3n) is 4.95. The zero-order valence-corrected chi connectivity index (χ0v) is 22.4. The van der Waals surface area contributed by atoms with Crippen LogP contribution in [-0.2, 0) is 20.1 Å². The summed E-state index contributed by atoms with van der Waals surface area (Å²) in [5.41, 5.74) is 6.03. The SMILES string of the molecule is [Ir].[c-]1ccccc1-c1ccccn1.[c-]1ccccc1-c1ccccn1.[c-]1ccccc1-c1ccccn1. The van der Waals surface area contributed by atoms with Gasteiger partial charge in [-0.25, -0.2) is 0 Å². The molecule has 37 heavy (non-hydrogen) atoms. The molecule has 0 N–H and O–H groups in total. The molecule has 0 saturated carbocycles. The van der Waals surface area contributed by atoms with Crippen molar-refractivity contribution in [1.29, 1.82) is 0 Å². The Hall–Kier alpha value is -4.24. The minimum Gasteiger partial charge on any atom is -0.305 e. The van der Waals surface area contributed by atoms with Gasteiger partial charge in [0, 0.05) is 38.7 Å². The van der Waals surface area contributed by atoms with Crippen molar-refractivity contribution in [2.45, 2.75) is 0 Å². The van der Waals surface area contributed by atoms with Crippen LogP contribution in [0.3, 0.4) is 0 Å². The van der Waals surface area contributed by atoms with E-state index in [1.807, 2.05) is 127 Å². The van der Waals surface area contributed by atoms with Crippen molar-refractivity contribution in [2.75, 3.05) is 0 Å². The van der Waals surface area contributed by atoms with Crippen LogP contribution in [0, 0.1) is 18.2 Å². The summed E-state index contributed by atoms with van der Waals surface area (Å²) in [6, 6.07) is 50.5. The molecular weight excluding hydrogens is 631 g/mol. The van der Waals surface area contributed by atoms with E-state index in [1.165, 1.54) is 0 Å². The van der Waals surface area contributed by atoms with Crippen LogP contribution >= 0.6 is 0 Å². The van der Waals surface area contributed by atoms with Crippen molar-refractivity contribution in [2.24, 2.45) is 0 Å². The van der Waals surface area contributed by atoms with Crippen molar-refractivity contribution in [3.8, 4) is 33.8 Å². The van der Waals surface area contributed by atoms with E-state index in [0.29, 0.717) is 0 Å². The second-order valence-electron chi connectivity index (χ2n) is 7.47. The van der Waals surface area contributed by atoms with Crippen molar-refractivity contribution >= 4 is 0 Å². The van der Waals surface area contributed by atoms with Gasteiger partial charge in [0.05, 0.1) is 0 Å². The van der Waals surface area contributed by atoms with Gasteiger partial charge in [0.1, 0.15) is 0 Å². The third kappa shape index (κ3) is 9.05. The molecule has 0 atom stereocenters. The van der Waals surface area contributed by atoms with Crippen molar-refractivity contribution < 1.29 is 20.1 Å². The molecule has 0 aliphatic carbocycles. The van der Waals surface area contributed by atoms with E-state index in [9.17, 15) is 0 Å². The first kappa shape index (κ1) is 27.3. The summed E-state index contributed by atoms with van der Waals surface area (Å²) in [5.74, 6) is 0. The number of benzene rings is 3. The molecule has 0 amide bonds. The molecule has 183 valence electrons. The van der Waals surface area contributed by atoms with Crippen LogP contribution in [0.15, 0.2) is 146 Å². The van der Waals surface area contributed by atoms with Crippen LogP contribution in [0.1, 0.15) is 0 Å². The summed E-state index contributed by atoms with van der Waals surface area (Å²) >= 11 is 0. The maximum Gasteiger partial charge on any atom is 0.0160 e. The van der Waals surface area contributed by atoms with Crippen molar-refractivity contribution in [3.05, 3.63) is 164 Å². The number of hydrogen-bond donors (Lipinski definition) is 0. The zero-order valence-electron chi connectivity index (χ0n) is 20.0. The van der Waals surface area contributed by atoms with E-state index in [0.717, 1.165) is 33.8 Å². The second kappa shape index (κ2) is 15.7. The molecule has 3 nitrogen and oxygen atoms in total. The molecule has 0 fully saturated rings. The predicted octanol–water partition coefficient (Wildman–Crippen LogP) is 7.64. The van der Waals surface area contributed by atoms with E-state index in [4.69, 9.17) is 0 Å². The molecule has 6 rings (SSSR count). The Bertz CT molecular complexity index is 1090. The fourth-order valence-corrected chi connectivity index (χ4v) is 3.22. The second-order valence-corrected chi connectivity index (χ2v) is 7.47. The van der Waals surface area contributed by atoms with Crippen molar-refractivity contribution in [3.63, 3.8) is 0 Å². The van der Waals surface area contributed by atoms with E-state index < -0.39 is 0 Å². The minimum atomic E-state index is 0. The number of rotatable bonds is 3. The fraction of sp³-hybridized carbons (Fsp3) is 0. The Balaban J connectivity index is 0.000000152. The number of aromatic nitrogens is 3. The monoisotopic (exact) mass is 655 g/mol. The Morgan fingerprint density at radius 1 is 0.351 bits per heavy atom. The molecule has 0 aliphatic rings. The Morgan fingerprint density at radius 3 is 0.865 bits per heavy atom. The molecule has 0 bridgehead atoms. The summed E-state index contributed by atoms with van der Waals surface area (Å²) in [6.07, 6.45) is 5.36. The first-order chi connectivity index (χ1) is 17.9. The summed E-state index contributed by atoms with van der Waals surface area (Å²) in [7, 11) is 0. The van der Waals surface area contributed by atoms with Gasteiger partial charge < -0.3 is 15.0 Å². The number of pyridine rings is 3. The van der Waals surface area contributed by atoms with E-state index >= 15 is 0 Å². The topological polar surface area (TPSA) is 38.7 Å². The van der Waals surface area contributed by atoms with Gasteiger partial charge in [0.15, 0.2) is 0 Å².